The van der Waals surface area contributed by atoms with Gasteiger partial charge in [0.05, 0.1) is 12.1 Å². The Bertz CT molecular complexity index is 1320. The molecule has 0 fully saturated rings. The Morgan fingerprint density at radius 1 is 1.06 bits per heavy atom. The smallest absolute Gasteiger partial charge is 0.254 e. The van der Waals surface area contributed by atoms with Crippen LogP contribution in [-0.2, 0) is 13.6 Å². The number of carbonyl (C=O) groups is 1. The summed E-state index contributed by atoms with van der Waals surface area (Å²) in [6.07, 6.45) is 4.20. The van der Waals surface area contributed by atoms with Gasteiger partial charge >= 0.3 is 0 Å². The van der Waals surface area contributed by atoms with Gasteiger partial charge < -0.3 is 14.2 Å². The van der Waals surface area contributed by atoms with Gasteiger partial charge in [-0.15, -0.1) is 0 Å². The number of benzene rings is 2. The first kappa shape index (κ1) is 22.3. The lowest BCUT2D eigenvalue weighted by Crippen LogP contribution is -2.32. The number of carbonyl (C=O) groups excluding carboxylic acids is 1. The second kappa shape index (κ2) is 10.1. The summed E-state index contributed by atoms with van der Waals surface area (Å²) in [5.74, 6) is 0.744. The first-order chi connectivity index (χ1) is 16.0. The van der Waals surface area contributed by atoms with Crippen LogP contribution >= 0.6 is 0 Å². The quantitative estimate of drug-likeness (QED) is 0.381. The van der Waals surface area contributed by atoms with E-state index in [-0.39, 0.29) is 11.5 Å². The maximum absolute atomic E-state index is 13.3. The highest BCUT2D eigenvalue weighted by atomic mass is 16.5. The summed E-state index contributed by atoms with van der Waals surface area (Å²) in [6, 6.07) is 20.6. The van der Waals surface area contributed by atoms with Crippen molar-refractivity contribution in [2.45, 2.75) is 19.9 Å². The number of aromatic nitrogens is 2. The summed E-state index contributed by atoms with van der Waals surface area (Å²) >= 11 is 0. The van der Waals surface area contributed by atoms with Crippen LogP contribution in [-0.4, -0.2) is 33.5 Å². The third-order valence-corrected chi connectivity index (χ3v) is 5.70. The Balaban J connectivity index is 1.43. The van der Waals surface area contributed by atoms with Gasteiger partial charge in [0.25, 0.3) is 11.5 Å². The van der Waals surface area contributed by atoms with E-state index in [1.807, 2.05) is 66.4 Å². The summed E-state index contributed by atoms with van der Waals surface area (Å²) in [4.78, 5) is 31.1. The van der Waals surface area contributed by atoms with E-state index in [1.165, 1.54) is 0 Å². The molecule has 0 aliphatic carbocycles. The minimum absolute atomic E-state index is 0.00331. The minimum Gasteiger partial charge on any atom is -0.494 e. The molecule has 2 aromatic carbocycles. The van der Waals surface area contributed by atoms with Crippen LogP contribution in [0.1, 0.15) is 27.9 Å². The van der Waals surface area contributed by atoms with E-state index in [1.54, 1.807) is 36.1 Å². The molecule has 0 atom stereocenters. The number of ether oxygens (including phenoxy) is 1. The van der Waals surface area contributed by atoms with Gasteiger partial charge in [-0.3, -0.25) is 14.6 Å². The van der Waals surface area contributed by atoms with Crippen molar-refractivity contribution < 1.29 is 9.53 Å². The molecule has 0 bridgehead atoms. The standard InChI is InChI=1S/C27H27N3O3/c1-20-7-3-4-9-24(20)27(32)30(19-21-8-5-14-28-18-21)15-6-16-33-23-11-12-25-22(17-23)10-13-26(31)29(25)2/h3-5,7-14,17-18H,6,15-16,19H2,1-2H3. The molecule has 0 spiro atoms. The molecule has 0 unspecified atom stereocenters. The third-order valence-electron chi connectivity index (χ3n) is 5.70. The molecule has 6 nitrogen and oxygen atoms in total. The predicted molar refractivity (Wildman–Crippen MR) is 129 cm³/mol. The topological polar surface area (TPSA) is 64.4 Å². The summed E-state index contributed by atoms with van der Waals surface area (Å²) < 4.78 is 7.57. The zero-order valence-corrected chi connectivity index (χ0v) is 18.9. The van der Waals surface area contributed by atoms with E-state index in [4.69, 9.17) is 4.74 Å². The summed E-state index contributed by atoms with van der Waals surface area (Å²) in [5.41, 5.74) is 3.48. The maximum atomic E-state index is 13.3. The Kier molecular flexibility index (Phi) is 6.83. The van der Waals surface area contributed by atoms with Crippen LogP contribution in [0.4, 0.5) is 0 Å². The van der Waals surface area contributed by atoms with Crippen LogP contribution in [0.15, 0.2) is 83.9 Å². The molecule has 4 rings (SSSR count). The van der Waals surface area contributed by atoms with Crippen molar-refractivity contribution in [3.8, 4) is 5.75 Å². The van der Waals surface area contributed by atoms with Gasteiger partial charge in [0.2, 0.25) is 0 Å². The average Bonchev–Trinajstić information content (AvgIpc) is 2.84. The molecule has 0 aliphatic heterocycles. The number of fused-ring (bicyclic) bond motifs is 1. The van der Waals surface area contributed by atoms with E-state index in [2.05, 4.69) is 4.98 Å². The van der Waals surface area contributed by atoms with Crippen molar-refractivity contribution in [2.75, 3.05) is 13.2 Å². The molecule has 168 valence electrons. The fourth-order valence-electron chi connectivity index (χ4n) is 3.85. The molecular weight excluding hydrogens is 414 g/mol. The normalized spacial score (nSPS) is 10.8. The van der Waals surface area contributed by atoms with Crippen molar-refractivity contribution >= 4 is 16.8 Å². The van der Waals surface area contributed by atoms with Gasteiger partial charge in [0, 0.05) is 49.5 Å². The van der Waals surface area contributed by atoms with Crippen molar-refractivity contribution in [3.63, 3.8) is 0 Å². The summed E-state index contributed by atoms with van der Waals surface area (Å²) in [6.45, 7) is 3.48. The van der Waals surface area contributed by atoms with E-state index in [0.717, 1.165) is 27.8 Å². The fourth-order valence-corrected chi connectivity index (χ4v) is 3.85. The molecule has 33 heavy (non-hydrogen) atoms. The molecule has 0 saturated carbocycles. The molecule has 0 saturated heterocycles. The lowest BCUT2D eigenvalue weighted by atomic mass is 10.1. The Labute approximate surface area is 193 Å². The zero-order chi connectivity index (χ0) is 23.2. The highest BCUT2D eigenvalue weighted by Gasteiger charge is 2.18. The second-order valence-corrected chi connectivity index (χ2v) is 8.06. The lowest BCUT2D eigenvalue weighted by Gasteiger charge is -2.24. The van der Waals surface area contributed by atoms with E-state index in [9.17, 15) is 9.59 Å². The Morgan fingerprint density at radius 2 is 1.91 bits per heavy atom. The Morgan fingerprint density at radius 3 is 2.70 bits per heavy atom. The highest BCUT2D eigenvalue weighted by Crippen LogP contribution is 2.20. The number of amides is 1. The molecule has 4 aromatic rings. The molecular formula is C27H27N3O3. The number of hydrogen-bond donors (Lipinski definition) is 0. The first-order valence-corrected chi connectivity index (χ1v) is 11.0. The lowest BCUT2D eigenvalue weighted by molar-refractivity contribution is 0.0733. The third kappa shape index (κ3) is 5.29. The molecule has 2 heterocycles. The van der Waals surface area contributed by atoms with Crippen molar-refractivity contribution in [1.29, 1.82) is 0 Å². The van der Waals surface area contributed by atoms with Crippen LogP contribution < -0.4 is 10.3 Å². The van der Waals surface area contributed by atoms with Crippen LogP contribution in [0.5, 0.6) is 5.75 Å². The molecule has 2 aromatic heterocycles. The van der Waals surface area contributed by atoms with E-state index >= 15 is 0 Å². The van der Waals surface area contributed by atoms with Crippen LogP contribution in [0.2, 0.25) is 0 Å². The average molecular weight is 442 g/mol. The molecule has 0 N–H and O–H groups in total. The number of hydrogen-bond acceptors (Lipinski definition) is 4. The number of pyridine rings is 2. The van der Waals surface area contributed by atoms with Gasteiger partial charge in [-0.05, 0) is 60.9 Å². The highest BCUT2D eigenvalue weighted by molar-refractivity contribution is 5.95. The predicted octanol–water partition coefficient (Wildman–Crippen LogP) is 4.35. The van der Waals surface area contributed by atoms with Gasteiger partial charge in [-0.1, -0.05) is 24.3 Å². The van der Waals surface area contributed by atoms with E-state index < -0.39 is 0 Å². The number of rotatable bonds is 8. The minimum atomic E-state index is -0.0387. The van der Waals surface area contributed by atoms with Crippen molar-refractivity contribution in [2.24, 2.45) is 7.05 Å². The maximum Gasteiger partial charge on any atom is 0.254 e. The van der Waals surface area contributed by atoms with Crippen LogP contribution in [0.25, 0.3) is 10.9 Å². The van der Waals surface area contributed by atoms with Gasteiger partial charge in [0.15, 0.2) is 0 Å². The molecule has 1 amide bonds. The zero-order valence-electron chi connectivity index (χ0n) is 18.9. The van der Waals surface area contributed by atoms with Crippen molar-refractivity contribution in [3.05, 3.63) is 106 Å². The molecule has 0 radical (unpaired) electrons. The van der Waals surface area contributed by atoms with Gasteiger partial charge in [-0.2, -0.15) is 0 Å². The SMILES string of the molecule is Cc1ccccc1C(=O)N(CCCOc1ccc2c(ccc(=O)n2C)c1)Cc1cccnc1. The summed E-state index contributed by atoms with van der Waals surface area (Å²) in [5, 5.41) is 0.947. The van der Waals surface area contributed by atoms with Gasteiger partial charge in [-0.25, -0.2) is 0 Å². The Hall–Kier alpha value is -3.93. The summed E-state index contributed by atoms with van der Waals surface area (Å²) in [7, 11) is 1.76. The van der Waals surface area contributed by atoms with Crippen molar-refractivity contribution in [1.82, 2.24) is 14.5 Å². The largest absolute Gasteiger partial charge is 0.494 e. The fraction of sp³-hybridized carbons (Fsp3) is 0.222. The number of aryl methyl sites for hydroxylation is 2. The number of nitrogens with zero attached hydrogens (tertiary/aromatic N) is 3. The second-order valence-electron chi connectivity index (χ2n) is 8.06. The van der Waals surface area contributed by atoms with Crippen LogP contribution in [0.3, 0.4) is 0 Å². The van der Waals surface area contributed by atoms with E-state index in [0.29, 0.717) is 31.7 Å². The monoisotopic (exact) mass is 441 g/mol. The molecule has 0 aliphatic rings. The van der Waals surface area contributed by atoms with Crippen LogP contribution in [0, 0.1) is 6.92 Å². The van der Waals surface area contributed by atoms with Gasteiger partial charge in [0.1, 0.15) is 5.75 Å². The molecule has 6 heteroatoms. The first-order valence-electron chi connectivity index (χ1n) is 11.0.